The lowest BCUT2D eigenvalue weighted by Crippen LogP contribution is -2.13. The highest BCUT2D eigenvalue weighted by atomic mass is 32.2. The minimum absolute atomic E-state index is 0.668. The van der Waals surface area contributed by atoms with Crippen LogP contribution >= 0.6 is 11.8 Å². The molecule has 21 heavy (non-hydrogen) atoms. The number of nitrogens with zero attached hydrogens (tertiary/aromatic N) is 2. The zero-order valence-corrected chi connectivity index (χ0v) is 14.2. The van der Waals surface area contributed by atoms with E-state index in [0.29, 0.717) is 5.92 Å². The lowest BCUT2D eigenvalue weighted by atomic mass is 10.2. The highest BCUT2D eigenvalue weighted by Gasteiger charge is 2.16. The van der Waals surface area contributed by atoms with Crippen LogP contribution in [-0.4, -0.2) is 22.1 Å². The molecule has 0 radical (unpaired) electrons. The van der Waals surface area contributed by atoms with Gasteiger partial charge in [-0.1, -0.05) is 39.0 Å². The van der Waals surface area contributed by atoms with E-state index in [2.05, 4.69) is 62.0 Å². The van der Waals surface area contributed by atoms with Crippen molar-refractivity contribution in [2.75, 3.05) is 12.3 Å². The number of benzene rings is 1. The molecule has 0 spiro atoms. The minimum Gasteiger partial charge on any atom is -0.313 e. The van der Waals surface area contributed by atoms with Crippen LogP contribution in [-0.2, 0) is 6.54 Å². The Morgan fingerprint density at radius 1 is 1.24 bits per heavy atom. The summed E-state index contributed by atoms with van der Waals surface area (Å²) in [6, 6.07) is 10.4. The fourth-order valence-electron chi connectivity index (χ4n) is 2.13. The Labute approximate surface area is 132 Å². The summed E-state index contributed by atoms with van der Waals surface area (Å²) in [6.07, 6.45) is 0. The fraction of sp³-hybridized carbons (Fsp3) is 0.471. The van der Waals surface area contributed by atoms with Gasteiger partial charge in [-0.25, -0.2) is 4.68 Å². The van der Waals surface area contributed by atoms with Crippen molar-refractivity contribution >= 4 is 11.8 Å². The van der Waals surface area contributed by atoms with Gasteiger partial charge >= 0.3 is 0 Å². The van der Waals surface area contributed by atoms with Crippen LogP contribution in [0.25, 0.3) is 5.69 Å². The normalized spacial score (nSPS) is 11.3. The molecule has 0 bridgehead atoms. The molecule has 3 nitrogen and oxygen atoms in total. The Morgan fingerprint density at radius 2 is 1.95 bits per heavy atom. The topological polar surface area (TPSA) is 29.9 Å². The van der Waals surface area contributed by atoms with Crippen molar-refractivity contribution in [3.63, 3.8) is 0 Å². The molecule has 1 heterocycles. The van der Waals surface area contributed by atoms with Crippen LogP contribution in [0.15, 0.2) is 35.4 Å². The summed E-state index contributed by atoms with van der Waals surface area (Å²) in [5.41, 5.74) is 3.58. The third-order valence-corrected chi connectivity index (χ3v) is 4.77. The number of thioether (sulfide) groups is 1. The standard InChI is InChI=1S/C17H25N3S/c1-5-18-11-16-14(4)19-20(15-9-7-6-8-10-15)17(16)21-12-13(2)3/h6-10,13,18H,5,11-12H2,1-4H3. The molecule has 1 aromatic carbocycles. The summed E-state index contributed by atoms with van der Waals surface area (Å²) in [6.45, 7) is 10.6. The van der Waals surface area contributed by atoms with Gasteiger partial charge in [0.25, 0.3) is 0 Å². The zero-order chi connectivity index (χ0) is 15.2. The maximum atomic E-state index is 4.77. The van der Waals surface area contributed by atoms with Crippen LogP contribution in [0.4, 0.5) is 0 Å². The zero-order valence-electron chi connectivity index (χ0n) is 13.4. The van der Waals surface area contributed by atoms with E-state index in [1.807, 2.05) is 17.8 Å². The molecule has 0 atom stereocenters. The molecule has 2 rings (SSSR count). The average molecular weight is 303 g/mol. The molecule has 0 aliphatic heterocycles. The van der Waals surface area contributed by atoms with Crippen molar-refractivity contribution in [3.05, 3.63) is 41.6 Å². The van der Waals surface area contributed by atoms with Gasteiger partial charge in [-0.05, 0) is 31.5 Å². The molecule has 0 saturated carbocycles. The monoisotopic (exact) mass is 303 g/mol. The van der Waals surface area contributed by atoms with Crippen LogP contribution in [0.3, 0.4) is 0 Å². The van der Waals surface area contributed by atoms with Crippen molar-refractivity contribution in [2.24, 2.45) is 5.92 Å². The molecule has 0 amide bonds. The van der Waals surface area contributed by atoms with Crippen molar-refractivity contribution in [3.8, 4) is 5.69 Å². The van der Waals surface area contributed by atoms with Crippen LogP contribution in [0.1, 0.15) is 32.0 Å². The van der Waals surface area contributed by atoms with Gasteiger partial charge < -0.3 is 5.32 Å². The minimum atomic E-state index is 0.668. The summed E-state index contributed by atoms with van der Waals surface area (Å²) < 4.78 is 2.09. The molecule has 0 aliphatic rings. The Bertz CT molecular complexity index is 561. The number of aromatic nitrogens is 2. The van der Waals surface area contributed by atoms with E-state index in [0.717, 1.165) is 30.2 Å². The third-order valence-electron chi connectivity index (χ3n) is 3.24. The van der Waals surface area contributed by atoms with E-state index >= 15 is 0 Å². The molecule has 114 valence electrons. The van der Waals surface area contributed by atoms with Crippen LogP contribution in [0, 0.1) is 12.8 Å². The average Bonchev–Trinajstić information content (AvgIpc) is 2.80. The van der Waals surface area contributed by atoms with E-state index in [-0.39, 0.29) is 0 Å². The fourth-order valence-corrected chi connectivity index (χ4v) is 3.28. The Hall–Kier alpha value is -1.26. The van der Waals surface area contributed by atoms with E-state index < -0.39 is 0 Å². The number of para-hydroxylation sites is 1. The van der Waals surface area contributed by atoms with E-state index in [9.17, 15) is 0 Å². The molecule has 1 N–H and O–H groups in total. The largest absolute Gasteiger partial charge is 0.313 e. The van der Waals surface area contributed by atoms with E-state index in [1.54, 1.807) is 0 Å². The summed E-state index contributed by atoms with van der Waals surface area (Å²) in [7, 11) is 0. The van der Waals surface area contributed by atoms with Crippen LogP contribution < -0.4 is 5.32 Å². The third kappa shape index (κ3) is 4.11. The smallest absolute Gasteiger partial charge is 0.105 e. The lowest BCUT2D eigenvalue weighted by molar-refractivity contribution is 0.705. The molecule has 4 heteroatoms. The highest BCUT2D eigenvalue weighted by molar-refractivity contribution is 7.99. The molecule has 2 aromatic rings. The van der Waals surface area contributed by atoms with Gasteiger partial charge in [-0.15, -0.1) is 11.8 Å². The van der Waals surface area contributed by atoms with Gasteiger partial charge in [-0.3, -0.25) is 0 Å². The van der Waals surface area contributed by atoms with E-state index in [1.165, 1.54) is 10.6 Å². The molecule has 0 fully saturated rings. The van der Waals surface area contributed by atoms with Crippen molar-refractivity contribution < 1.29 is 0 Å². The highest BCUT2D eigenvalue weighted by Crippen LogP contribution is 2.29. The number of nitrogens with one attached hydrogen (secondary N) is 1. The first-order valence-corrected chi connectivity index (χ1v) is 8.59. The molecular weight excluding hydrogens is 278 g/mol. The van der Waals surface area contributed by atoms with Crippen LogP contribution in [0.2, 0.25) is 0 Å². The van der Waals surface area contributed by atoms with Gasteiger partial charge in [0.15, 0.2) is 0 Å². The van der Waals surface area contributed by atoms with Crippen molar-refractivity contribution in [2.45, 2.75) is 39.3 Å². The number of rotatable bonds is 7. The number of hydrogen-bond donors (Lipinski definition) is 1. The predicted molar refractivity (Wildman–Crippen MR) is 91.2 cm³/mol. The van der Waals surface area contributed by atoms with Crippen molar-refractivity contribution in [1.82, 2.24) is 15.1 Å². The first-order valence-electron chi connectivity index (χ1n) is 7.61. The molecular formula is C17H25N3S. The quantitative estimate of drug-likeness (QED) is 0.783. The Kier molecular flexibility index (Phi) is 5.88. The molecule has 0 aliphatic carbocycles. The maximum Gasteiger partial charge on any atom is 0.105 e. The predicted octanol–water partition coefficient (Wildman–Crippen LogP) is 4.04. The molecule has 0 saturated heterocycles. The summed E-state index contributed by atoms with van der Waals surface area (Å²) in [5, 5.41) is 9.47. The number of aryl methyl sites for hydroxylation is 1. The second-order valence-electron chi connectivity index (χ2n) is 5.60. The first kappa shape index (κ1) is 16.1. The Morgan fingerprint density at radius 3 is 2.57 bits per heavy atom. The molecule has 1 aromatic heterocycles. The van der Waals surface area contributed by atoms with E-state index in [4.69, 9.17) is 5.10 Å². The first-order chi connectivity index (χ1) is 10.1. The maximum absolute atomic E-state index is 4.77. The summed E-state index contributed by atoms with van der Waals surface area (Å²) in [5.74, 6) is 1.78. The van der Waals surface area contributed by atoms with Gasteiger partial charge in [0.1, 0.15) is 5.03 Å². The summed E-state index contributed by atoms with van der Waals surface area (Å²) in [4.78, 5) is 0. The van der Waals surface area contributed by atoms with Gasteiger partial charge in [0, 0.05) is 17.9 Å². The van der Waals surface area contributed by atoms with Gasteiger partial charge in [-0.2, -0.15) is 5.10 Å². The number of hydrogen-bond acceptors (Lipinski definition) is 3. The lowest BCUT2D eigenvalue weighted by Gasteiger charge is -2.11. The Balaban J connectivity index is 2.38. The summed E-state index contributed by atoms with van der Waals surface area (Å²) >= 11 is 1.91. The van der Waals surface area contributed by atoms with Gasteiger partial charge in [0.2, 0.25) is 0 Å². The second-order valence-corrected chi connectivity index (χ2v) is 6.61. The second kappa shape index (κ2) is 7.66. The molecule has 0 unspecified atom stereocenters. The van der Waals surface area contributed by atoms with Gasteiger partial charge in [0.05, 0.1) is 11.4 Å². The SMILES string of the molecule is CCNCc1c(C)nn(-c2ccccc2)c1SCC(C)C. The van der Waals surface area contributed by atoms with Crippen molar-refractivity contribution in [1.29, 1.82) is 0 Å². The van der Waals surface area contributed by atoms with Crippen LogP contribution in [0.5, 0.6) is 0 Å².